The van der Waals surface area contributed by atoms with Crippen LogP contribution in [0.3, 0.4) is 0 Å². The highest BCUT2D eigenvalue weighted by Gasteiger charge is 2.33. The maximum atomic E-state index is 10.2. The molecule has 0 radical (unpaired) electrons. The molecule has 2 atom stereocenters. The van der Waals surface area contributed by atoms with Gasteiger partial charge in [0.15, 0.2) is 0 Å². The number of fused-ring (bicyclic) bond motifs is 7. The molecular formula is C24H27NO4. The van der Waals surface area contributed by atoms with Crippen LogP contribution < -0.4 is 4.74 Å². The molecular weight excluding hydrogens is 366 g/mol. The average Bonchev–Trinajstić information content (AvgIpc) is 2.76. The van der Waals surface area contributed by atoms with Gasteiger partial charge in [-0.2, -0.15) is 0 Å². The van der Waals surface area contributed by atoms with E-state index < -0.39 is 0 Å². The Hall–Kier alpha value is -2.18. The van der Waals surface area contributed by atoms with Crippen LogP contribution in [0.5, 0.6) is 5.75 Å². The molecule has 3 aromatic rings. The van der Waals surface area contributed by atoms with Gasteiger partial charge in [-0.05, 0) is 75.7 Å². The third kappa shape index (κ3) is 3.01. The predicted octanol–water partition coefficient (Wildman–Crippen LogP) is 2.87. The number of piperidine rings is 1. The van der Waals surface area contributed by atoms with E-state index in [0.29, 0.717) is 11.8 Å². The van der Waals surface area contributed by atoms with Crippen molar-refractivity contribution in [2.75, 3.05) is 13.7 Å². The van der Waals surface area contributed by atoms with Crippen LogP contribution in [0, 0.1) is 0 Å². The minimum atomic E-state index is -0.216. The third-order valence-corrected chi connectivity index (χ3v) is 6.77. The Morgan fingerprint density at radius 3 is 2.59 bits per heavy atom. The molecule has 0 spiro atoms. The molecule has 1 fully saturated rings. The number of hydrogen-bond acceptors (Lipinski definition) is 5. The van der Waals surface area contributed by atoms with E-state index in [1.807, 2.05) is 12.1 Å². The molecule has 0 aromatic heterocycles. The maximum Gasteiger partial charge on any atom is 0.125 e. The standard InChI is InChI=1S/C24H27NO4/c1-29-24-10-22-20(7-15(24)13-27)19-6-14(12-26)2-3-18(19)23-11-25-5-4-17(28)8-16(25)9-21(22)23/h2-3,6-7,10,16-17,26-28H,4-5,8-9,11-13H2,1H3/t16-,17-/m1/s1. The lowest BCUT2D eigenvalue weighted by Crippen LogP contribution is -2.47. The number of hydrogen-bond donors (Lipinski definition) is 3. The molecule has 0 amide bonds. The molecule has 0 unspecified atom stereocenters. The fourth-order valence-electron chi connectivity index (χ4n) is 5.26. The Bertz CT molecular complexity index is 1090. The second-order valence-electron chi connectivity index (χ2n) is 8.37. The first kappa shape index (κ1) is 18.8. The van der Waals surface area contributed by atoms with Crippen LogP contribution in [0.2, 0.25) is 0 Å². The highest BCUT2D eigenvalue weighted by atomic mass is 16.5. The molecule has 2 aliphatic rings. The molecule has 5 heteroatoms. The summed E-state index contributed by atoms with van der Waals surface area (Å²) in [5, 5.41) is 34.3. The number of benzene rings is 3. The van der Waals surface area contributed by atoms with Gasteiger partial charge < -0.3 is 20.1 Å². The molecule has 0 bridgehead atoms. The quantitative estimate of drug-likeness (QED) is 0.597. The number of aliphatic hydroxyl groups excluding tert-OH is 3. The average molecular weight is 393 g/mol. The summed E-state index contributed by atoms with van der Waals surface area (Å²) in [6.45, 7) is 1.72. The summed E-state index contributed by atoms with van der Waals surface area (Å²) in [4.78, 5) is 2.50. The van der Waals surface area contributed by atoms with Crippen LogP contribution >= 0.6 is 0 Å². The highest BCUT2D eigenvalue weighted by molar-refractivity contribution is 6.11. The van der Waals surface area contributed by atoms with Crippen LogP contribution in [0.25, 0.3) is 21.5 Å². The van der Waals surface area contributed by atoms with E-state index in [1.165, 1.54) is 16.5 Å². The lowest BCUT2D eigenvalue weighted by Gasteiger charge is -2.42. The van der Waals surface area contributed by atoms with E-state index in [1.54, 1.807) is 7.11 Å². The summed E-state index contributed by atoms with van der Waals surface area (Å²) in [7, 11) is 1.64. The van der Waals surface area contributed by atoms with Gasteiger partial charge in [-0.1, -0.05) is 12.1 Å². The van der Waals surface area contributed by atoms with Gasteiger partial charge >= 0.3 is 0 Å². The topological polar surface area (TPSA) is 73.2 Å². The van der Waals surface area contributed by atoms with Crippen molar-refractivity contribution in [3.63, 3.8) is 0 Å². The smallest absolute Gasteiger partial charge is 0.125 e. The van der Waals surface area contributed by atoms with Gasteiger partial charge in [0.05, 0.1) is 26.4 Å². The molecule has 2 aliphatic heterocycles. The fraction of sp³-hybridized carbons (Fsp3) is 0.417. The van der Waals surface area contributed by atoms with Crippen LogP contribution in [0.4, 0.5) is 0 Å². The molecule has 3 aromatic carbocycles. The van der Waals surface area contributed by atoms with Crippen molar-refractivity contribution in [1.29, 1.82) is 0 Å². The lowest BCUT2D eigenvalue weighted by molar-refractivity contribution is 0.0322. The van der Waals surface area contributed by atoms with Crippen LogP contribution in [0.15, 0.2) is 30.3 Å². The van der Waals surface area contributed by atoms with Crippen molar-refractivity contribution >= 4 is 21.5 Å². The van der Waals surface area contributed by atoms with Crippen LogP contribution in [-0.4, -0.2) is 46.0 Å². The van der Waals surface area contributed by atoms with Gasteiger partial charge in [-0.25, -0.2) is 0 Å². The summed E-state index contributed by atoms with van der Waals surface area (Å²) < 4.78 is 5.57. The van der Waals surface area contributed by atoms with Crippen molar-refractivity contribution in [2.24, 2.45) is 0 Å². The van der Waals surface area contributed by atoms with E-state index in [-0.39, 0.29) is 19.3 Å². The molecule has 5 rings (SSSR count). The van der Waals surface area contributed by atoms with E-state index >= 15 is 0 Å². The largest absolute Gasteiger partial charge is 0.496 e. The Balaban J connectivity index is 1.82. The lowest BCUT2D eigenvalue weighted by atomic mass is 9.81. The second kappa shape index (κ2) is 7.26. The number of rotatable bonds is 3. The van der Waals surface area contributed by atoms with Gasteiger partial charge in [0.1, 0.15) is 5.75 Å². The number of aliphatic hydroxyl groups is 3. The second-order valence-corrected chi connectivity index (χ2v) is 8.37. The van der Waals surface area contributed by atoms with E-state index in [9.17, 15) is 15.3 Å². The predicted molar refractivity (Wildman–Crippen MR) is 113 cm³/mol. The van der Waals surface area contributed by atoms with Crippen molar-refractivity contribution in [3.05, 3.63) is 52.6 Å². The van der Waals surface area contributed by atoms with Gasteiger partial charge in [0.2, 0.25) is 0 Å². The summed E-state index contributed by atoms with van der Waals surface area (Å²) >= 11 is 0. The SMILES string of the molecule is COc1cc2c3c(c4ccc(CO)cc4c2cc1CO)CN1CC[C@@H](O)C[C@@H]1C3. The van der Waals surface area contributed by atoms with Crippen LogP contribution in [0.1, 0.15) is 35.1 Å². The number of nitrogens with zero attached hydrogens (tertiary/aromatic N) is 1. The molecule has 1 saturated heterocycles. The third-order valence-electron chi connectivity index (χ3n) is 6.77. The van der Waals surface area contributed by atoms with E-state index in [2.05, 4.69) is 23.1 Å². The Morgan fingerprint density at radius 1 is 1.00 bits per heavy atom. The molecule has 152 valence electrons. The first-order valence-electron chi connectivity index (χ1n) is 10.3. The molecule has 29 heavy (non-hydrogen) atoms. The Morgan fingerprint density at radius 2 is 1.83 bits per heavy atom. The van der Waals surface area contributed by atoms with Gasteiger partial charge in [0.25, 0.3) is 0 Å². The van der Waals surface area contributed by atoms with E-state index in [4.69, 9.17) is 4.74 Å². The zero-order chi connectivity index (χ0) is 20.1. The van der Waals surface area contributed by atoms with E-state index in [0.717, 1.165) is 59.6 Å². The van der Waals surface area contributed by atoms with Crippen LogP contribution in [-0.2, 0) is 26.2 Å². The minimum absolute atomic E-state index is 0.00359. The summed E-state index contributed by atoms with van der Waals surface area (Å²) in [5.41, 5.74) is 4.31. The monoisotopic (exact) mass is 393 g/mol. The van der Waals surface area contributed by atoms with Crippen molar-refractivity contribution in [1.82, 2.24) is 4.90 Å². The summed E-state index contributed by atoms with van der Waals surface area (Å²) in [6, 6.07) is 10.6. The zero-order valence-corrected chi connectivity index (χ0v) is 16.7. The molecule has 0 saturated carbocycles. The Labute approximate surface area is 170 Å². The highest BCUT2D eigenvalue weighted by Crippen LogP contribution is 2.42. The first-order chi connectivity index (χ1) is 14.1. The number of ether oxygens (including phenoxy) is 1. The summed E-state index contributed by atoms with van der Waals surface area (Å²) in [6.07, 6.45) is 2.34. The fourth-order valence-corrected chi connectivity index (χ4v) is 5.26. The Kier molecular flexibility index (Phi) is 4.71. The first-order valence-corrected chi connectivity index (χ1v) is 10.3. The van der Waals surface area contributed by atoms with Crippen molar-refractivity contribution in [2.45, 2.75) is 51.2 Å². The normalized spacial score (nSPS) is 21.9. The van der Waals surface area contributed by atoms with Gasteiger partial charge in [-0.15, -0.1) is 0 Å². The van der Waals surface area contributed by atoms with Gasteiger partial charge in [0, 0.05) is 24.7 Å². The molecule has 5 nitrogen and oxygen atoms in total. The number of methoxy groups -OCH3 is 1. The maximum absolute atomic E-state index is 10.2. The zero-order valence-electron chi connectivity index (χ0n) is 16.7. The minimum Gasteiger partial charge on any atom is -0.496 e. The molecule has 0 aliphatic carbocycles. The molecule has 3 N–H and O–H groups in total. The van der Waals surface area contributed by atoms with Crippen molar-refractivity contribution in [3.8, 4) is 5.75 Å². The van der Waals surface area contributed by atoms with Gasteiger partial charge in [-0.3, -0.25) is 4.90 Å². The summed E-state index contributed by atoms with van der Waals surface area (Å²) in [5.74, 6) is 0.700. The molecule has 2 heterocycles. The van der Waals surface area contributed by atoms with Crippen molar-refractivity contribution < 1.29 is 20.1 Å².